The third-order valence-electron chi connectivity index (χ3n) is 4.30. The fourth-order valence-electron chi connectivity index (χ4n) is 3.11. The SMILES string of the molecule is C=C[C@H]1OCC[C@@H]1C(=O)N1CCC(c2n[nH]c(=O)o2)CC1. The molecule has 2 aliphatic heterocycles. The van der Waals surface area contributed by atoms with Crippen molar-refractivity contribution < 1.29 is 13.9 Å². The number of hydrogen-bond donors (Lipinski definition) is 1. The van der Waals surface area contributed by atoms with Gasteiger partial charge in [-0.15, -0.1) is 11.7 Å². The van der Waals surface area contributed by atoms with Gasteiger partial charge in [-0.1, -0.05) is 6.08 Å². The van der Waals surface area contributed by atoms with Gasteiger partial charge in [-0.05, 0) is 19.3 Å². The van der Waals surface area contributed by atoms with Crippen molar-refractivity contribution in [2.75, 3.05) is 19.7 Å². The second kappa shape index (κ2) is 5.85. The van der Waals surface area contributed by atoms with Crippen molar-refractivity contribution in [3.63, 3.8) is 0 Å². The highest BCUT2D eigenvalue weighted by Gasteiger charge is 2.36. The van der Waals surface area contributed by atoms with E-state index in [0.717, 1.165) is 19.3 Å². The molecule has 7 heteroatoms. The summed E-state index contributed by atoms with van der Waals surface area (Å²) in [6.45, 7) is 5.64. The molecule has 2 saturated heterocycles. The Labute approximate surface area is 122 Å². The van der Waals surface area contributed by atoms with E-state index in [4.69, 9.17) is 9.15 Å². The van der Waals surface area contributed by atoms with E-state index in [0.29, 0.717) is 25.6 Å². The summed E-state index contributed by atoms with van der Waals surface area (Å²) in [6.07, 6.45) is 3.81. The normalized spacial score (nSPS) is 27.0. The van der Waals surface area contributed by atoms with E-state index < -0.39 is 5.76 Å². The fourth-order valence-corrected chi connectivity index (χ4v) is 3.11. The summed E-state index contributed by atoms with van der Waals surface area (Å²) in [7, 11) is 0. The number of rotatable bonds is 3. The van der Waals surface area contributed by atoms with Crippen LogP contribution in [0.2, 0.25) is 0 Å². The van der Waals surface area contributed by atoms with Gasteiger partial charge in [0.15, 0.2) is 0 Å². The van der Waals surface area contributed by atoms with Crippen LogP contribution < -0.4 is 5.76 Å². The highest BCUT2D eigenvalue weighted by atomic mass is 16.5. The number of nitrogens with one attached hydrogen (secondary N) is 1. The summed E-state index contributed by atoms with van der Waals surface area (Å²) in [5.74, 6) is 0.0467. The molecule has 3 rings (SSSR count). The van der Waals surface area contributed by atoms with Crippen molar-refractivity contribution in [3.8, 4) is 0 Å². The maximum Gasteiger partial charge on any atom is 0.434 e. The third kappa shape index (κ3) is 2.78. The molecule has 0 aliphatic carbocycles. The Balaban J connectivity index is 1.59. The zero-order valence-electron chi connectivity index (χ0n) is 11.8. The highest BCUT2D eigenvalue weighted by Crippen LogP contribution is 2.29. The molecule has 1 aromatic rings. The van der Waals surface area contributed by atoms with Crippen LogP contribution in [0, 0.1) is 5.92 Å². The minimum atomic E-state index is -0.527. The predicted octanol–water partition coefficient (Wildman–Crippen LogP) is 0.660. The number of carbonyl (C=O) groups excluding carboxylic acids is 1. The average Bonchev–Trinajstić information content (AvgIpc) is 3.15. The number of hydrogen-bond acceptors (Lipinski definition) is 5. The van der Waals surface area contributed by atoms with Crippen molar-refractivity contribution in [2.45, 2.75) is 31.3 Å². The monoisotopic (exact) mass is 293 g/mol. The Morgan fingerprint density at radius 1 is 1.38 bits per heavy atom. The highest BCUT2D eigenvalue weighted by molar-refractivity contribution is 5.80. The minimum Gasteiger partial charge on any atom is -0.392 e. The van der Waals surface area contributed by atoms with E-state index in [1.165, 1.54) is 0 Å². The lowest BCUT2D eigenvalue weighted by Gasteiger charge is -2.32. The van der Waals surface area contributed by atoms with Crippen LogP contribution in [0.5, 0.6) is 0 Å². The molecule has 0 aromatic carbocycles. The van der Waals surface area contributed by atoms with E-state index in [1.54, 1.807) is 6.08 Å². The van der Waals surface area contributed by atoms with Gasteiger partial charge in [0.05, 0.1) is 12.0 Å². The van der Waals surface area contributed by atoms with Crippen LogP contribution in [0.4, 0.5) is 0 Å². The van der Waals surface area contributed by atoms with E-state index in [9.17, 15) is 9.59 Å². The zero-order valence-corrected chi connectivity index (χ0v) is 11.8. The van der Waals surface area contributed by atoms with E-state index >= 15 is 0 Å². The van der Waals surface area contributed by atoms with E-state index in [-0.39, 0.29) is 23.8 Å². The number of likely N-dealkylation sites (tertiary alicyclic amines) is 1. The van der Waals surface area contributed by atoms with Crippen LogP contribution in [0.15, 0.2) is 21.9 Å². The summed E-state index contributed by atoms with van der Waals surface area (Å²) in [5.41, 5.74) is 0. The zero-order chi connectivity index (χ0) is 14.8. The van der Waals surface area contributed by atoms with Crippen molar-refractivity contribution in [2.24, 2.45) is 5.92 Å². The maximum atomic E-state index is 12.5. The number of nitrogens with zero attached hydrogens (tertiary/aromatic N) is 2. The first-order valence-electron chi connectivity index (χ1n) is 7.27. The van der Waals surface area contributed by atoms with Gasteiger partial charge < -0.3 is 14.1 Å². The number of aromatic nitrogens is 2. The minimum absolute atomic E-state index is 0.100. The molecular formula is C14H19N3O4. The largest absolute Gasteiger partial charge is 0.434 e. The first kappa shape index (κ1) is 14.1. The summed E-state index contributed by atoms with van der Waals surface area (Å²) < 4.78 is 10.5. The van der Waals surface area contributed by atoms with Crippen LogP contribution in [0.25, 0.3) is 0 Å². The Morgan fingerprint density at radius 2 is 2.14 bits per heavy atom. The van der Waals surface area contributed by atoms with E-state index in [1.807, 2.05) is 4.90 Å². The van der Waals surface area contributed by atoms with Crippen molar-refractivity contribution >= 4 is 5.91 Å². The van der Waals surface area contributed by atoms with Gasteiger partial charge in [-0.2, -0.15) is 0 Å². The molecule has 1 amide bonds. The molecule has 0 spiro atoms. The fraction of sp³-hybridized carbons (Fsp3) is 0.643. The lowest BCUT2D eigenvalue weighted by atomic mass is 9.94. The average molecular weight is 293 g/mol. The second-order valence-electron chi connectivity index (χ2n) is 5.52. The first-order chi connectivity index (χ1) is 10.2. The lowest BCUT2D eigenvalue weighted by Crippen LogP contribution is -2.43. The van der Waals surface area contributed by atoms with Gasteiger partial charge in [-0.25, -0.2) is 9.89 Å². The molecule has 1 aromatic heterocycles. The summed E-state index contributed by atoms with van der Waals surface area (Å²) in [5, 5.41) is 6.15. The molecule has 0 bridgehead atoms. The standard InChI is InChI=1S/C14H19N3O4/c1-2-11-10(5-8-20-11)13(18)17-6-3-9(4-7-17)12-15-16-14(19)21-12/h2,9-11H,1,3-8H2,(H,16,19)/t10-,11+/m0/s1. The molecule has 1 N–H and O–H groups in total. The predicted molar refractivity (Wildman–Crippen MR) is 73.7 cm³/mol. The Bertz CT molecular complexity index is 571. The molecule has 114 valence electrons. The van der Waals surface area contributed by atoms with Crippen LogP contribution in [0.1, 0.15) is 31.1 Å². The Hall–Kier alpha value is -1.89. The number of H-pyrrole nitrogens is 1. The number of piperidine rings is 1. The molecule has 0 radical (unpaired) electrons. The lowest BCUT2D eigenvalue weighted by molar-refractivity contribution is -0.137. The van der Waals surface area contributed by atoms with Crippen molar-refractivity contribution in [1.29, 1.82) is 0 Å². The topological polar surface area (TPSA) is 88.4 Å². The van der Waals surface area contributed by atoms with Gasteiger partial charge in [0, 0.05) is 25.6 Å². The van der Waals surface area contributed by atoms with Crippen LogP contribution in [-0.2, 0) is 9.53 Å². The molecule has 0 saturated carbocycles. The molecular weight excluding hydrogens is 274 g/mol. The van der Waals surface area contributed by atoms with Crippen molar-refractivity contribution in [3.05, 3.63) is 29.1 Å². The van der Waals surface area contributed by atoms with Crippen LogP contribution in [-0.4, -0.2) is 46.8 Å². The first-order valence-corrected chi connectivity index (χ1v) is 7.27. The molecule has 3 heterocycles. The summed E-state index contributed by atoms with van der Waals surface area (Å²) in [4.78, 5) is 25.4. The van der Waals surface area contributed by atoms with E-state index in [2.05, 4.69) is 16.8 Å². The Morgan fingerprint density at radius 3 is 2.76 bits per heavy atom. The quantitative estimate of drug-likeness (QED) is 0.827. The van der Waals surface area contributed by atoms with Gasteiger partial charge in [0.2, 0.25) is 11.8 Å². The molecule has 0 unspecified atom stereocenters. The smallest absolute Gasteiger partial charge is 0.392 e. The number of carbonyl (C=O) groups is 1. The number of amides is 1. The number of ether oxygens (including phenoxy) is 1. The maximum absolute atomic E-state index is 12.5. The molecule has 21 heavy (non-hydrogen) atoms. The molecule has 7 nitrogen and oxygen atoms in total. The van der Waals surface area contributed by atoms with Gasteiger partial charge in [-0.3, -0.25) is 4.79 Å². The Kier molecular flexibility index (Phi) is 3.92. The van der Waals surface area contributed by atoms with Gasteiger partial charge >= 0.3 is 5.76 Å². The third-order valence-corrected chi connectivity index (χ3v) is 4.30. The van der Waals surface area contributed by atoms with Crippen molar-refractivity contribution in [1.82, 2.24) is 15.1 Å². The van der Waals surface area contributed by atoms with Gasteiger partial charge in [0.1, 0.15) is 0 Å². The molecule has 2 atom stereocenters. The summed E-state index contributed by atoms with van der Waals surface area (Å²) >= 11 is 0. The van der Waals surface area contributed by atoms with Crippen LogP contribution >= 0.6 is 0 Å². The molecule has 2 aliphatic rings. The molecule has 2 fully saturated rings. The van der Waals surface area contributed by atoms with Crippen LogP contribution in [0.3, 0.4) is 0 Å². The number of aromatic amines is 1. The second-order valence-corrected chi connectivity index (χ2v) is 5.52. The van der Waals surface area contributed by atoms with Gasteiger partial charge in [0.25, 0.3) is 0 Å². The summed E-state index contributed by atoms with van der Waals surface area (Å²) in [6, 6.07) is 0.